The highest BCUT2D eigenvalue weighted by atomic mass is 16.1. The quantitative estimate of drug-likeness (QED) is 0.867. The second-order valence-corrected chi connectivity index (χ2v) is 6.62. The number of amides is 1. The fourth-order valence-electron chi connectivity index (χ4n) is 3.37. The van der Waals surface area contributed by atoms with Crippen LogP contribution >= 0.6 is 0 Å². The Labute approximate surface area is 139 Å². The normalized spacial score (nSPS) is 22.1. The highest BCUT2D eigenvalue weighted by Crippen LogP contribution is 2.22. The van der Waals surface area contributed by atoms with Crippen LogP contribution in [0, 0.1) is 5.92 Å². The predicted molar refractivity (Wildman–Crippen MR) is 94.5 cm³/mol. The summed E-state index contributed by atoms with van der Waals surface area (Å²) in [6.45, 7) is 4.91. The van der Waals surface area contributed by atoms with Gasteiger partial charge in [0.1, 0.15) is 0 Å². The molecule has 1 heterocycles. The summed E-state index contributed by atoms with van der Waals surface area (Å²) in [6.07, 6.45) is 7.18. The summed E-state index contributed by atoms with van der Waals surface area (Å²) in [5, 5.41) is 3.15. The molecule has 3 rings (SSSR count). The molecule has 1 fully saturated rings. The summed E-state index contributed by atoms with van der Waals surface area (Å²) in [5.41, 5.74) is 2.49. The molecule has 1 atom stereocenters. The van der Waals surface area contributed by atoms with Crippen molar-refractivity contribution in [1.82, 2.24) is 10.2 Å². The molecule has 0 radical (unpaired) electrons. The number of hydrogen-bond acceptors (Lipinski definition) is 3. The van der Waals surface area contributed by atoms with Crippen LogP contribution in [-0.2, 0) is 11.3 Å². The number of likely N-dealkylation sites (N-methyl/N-ethyl adjacent to an activating group) is 1. The highest BCUT2D eigenvalue weighted by molar-refractivity contribution is 5.79. The van der Waals surface area contributed by atoms with Gasteiger partial charge in [0.25, 0.3) is 0 Å². The Kier molecular flexibility index (Phi) is 5.34. The molecule has 1 aliphatic heterocycles. The van der Waals surface area contributed by atoms with Crippen LogP contribution in [0.4, 0.5) is 5.69 Å². The fraction of sp³-hybridized carbons (Fsp3) is 0.526. The molecular weight excluding hydrogens is 286 g/mol. The van der Waals surface area contributed by atoms with Gasteiger partial charge in [-0.1, -0.05) is 30.4 Å². The lowest BCUT2D eigenvalue weighted by molar-refractivity contribution is -0.125. The molecule has 4 nitrogen and oxygen atoms in total. The van der Waals surface area contributed by atoms with E-state index in [1.807, 2.05) is 0 Å². The minimum Gasteiger partial charge on any atom is -0.369 e. The molecule has 1 aromatic rings. The van der Waals surface area contributed by atoms with Crippen molar-refractivity contribution in [3.8, 4) is 0 Å². The van der Waals surface area contributed by atoms with Crippen LogP contribution in [0.3, 0.4) is 0 Å². The lowest BCUT2D eigenvalue weighted by atomic mass is 9.93. The van der Waals surface area contributed by atoms with Gasteiger partial charge in [0.05, 0.1) is 0 Å². The van der Waals surface area contributed by atoms with E-state index in [1.165, 1.54) is 11.3 Å². The molecule has 4 heteroatoms. The number of carbonyl (C=O) groups excluding carboxylic acids is 1. The zero-order valence-electron chi connectivity index (χ0n) is 14.0. The van der Waals surface area contributed by atoms with E-state index >= 15 is 0 Å². The van der Waals surface area contributed by atoms with Crippen molar-refractivity contribution in [2.24, 2.45) is 5.92 Å². The van der Waals surface area contributed by atoms with E-state index in [-0.39, 0.29) is 11.8 Å². The van der Waals surface area contributed by atoms with Gasteiger partial charge < -0.3 is 15.1 Å². The maximum absolute atomic E-state index is 12.3. The minimum atomic E-state index is 0.149. The van der Waals surface area contributed by atoms with Gasteiger partial charge in [0.2, 0.25) is 5.91 Å². The lowest BCUT2D eigenvalue weighted by Gasteiger charge is -2.35. The average molecular weight is 313 g/mol. The van der Waals surface area contributed by atoms with Crippen molar-refractivity contribution in [3.05, 3.63) is 42.0 Å². The highest BCUT2D eigenvalue weighted by Gasteiger charge is 2.20. The summed E-state index contributed by atoms with van der Waals surface area (Å²) in [6, 6.07) is 8.46. The molecule has 0 bridgehead atoms. The number of rotatable bonds is 4. The summed E-state index contributed by atoms with van der Waals surface area (Å²) in [4.78, 5) is 17.1. The second kappa shape index (κ2) is 7.64. The van der Waals surface area contributed by atoms with Crippen molar-refractivity contribution >= 4 is 11.6 Å². The number of anilines is 1. The molecule has 0 spiro atoms. The Morgan fingerprint density at radius 1 is 1.17 bits per heavy atom. The number of nitrogens with zero attached hydrogens (tertiary/aromatic N) is 2. The summed E-state index contributed by atoms with van der Waals surface area (Å²) >= 11 is 0. The van der Waals surface area contributed by atoms with Gasteiger partial charge in [-0.3, -0.25) is 4.79 Å². The number of benzene rings is 1. The predicted octanol–water partition coefficient (Wildman–Crippen LogP) is 2.41. The van der Waals surface area contributed by atoms with Crippen LogP contribution in [-0.4, -0.2) is 44.0 Å². The number of carbonyl (C=O) groups is 1. The van der Waals surface area contributed by atoms with Gasteiger partial charge in [-0.2, -0.15) is 0 Å². The van der Waals surface area contributed by atoms with Crippen LogP contribution in [0.25, 0.3) is 0 Å². The van der Waals surface area contributed by atoms with Crippen molar-refractivity contribution in [1.29, 1.82) is 0 Å². The summed E-state index contributed by atoms with van der Waals surface area (Å²) in [7, 11) is 2.17. The maximum Gasteiger partial charge on any atom is 0.223 e. The first-order valence-corrected chi connectivity index (χ1v) is 8.68. The van der Waals surface area contributed by atoms with E-state index in [0.717, 1.165) is 45.4 Å². The Morgan fingerprint density at radius 3 is 2.70 bits per heavy atom. The van der Waals surface area contributed by atoms with Gasteiger partial charge in [-0.25, -0.2) is 0 Å². The number of piperazine rings is 1. The largest absolute Gasteiger partial charge is 0.369 e. The Bertz CT molecular complexity index is 561. The van der Waals surface area contributed by atoms with Gasteiger partial charge >= 0.3 is 0 Å². The van der Waals surface area contributed by atoms with Gasteiger partial charge in [-0.15, -0.1) is 0 Å². The van der Waals surface area contributed by atoms with Gasteiger partial charge in [0, 0.05) is 44.3 Å². The van der Waals surface area contributed by atoms with E-state index in [1.54, 1.807) is 0 Å². The van der Waals surface area contributed by atoms with Crippen molar-refractivity contribution in [2.75, 3.05) is 38.1 Å². The molecule has 0 saturated carbocycles. The van der Waals surface area contributed by atoms with Crippen LogP contribution in [0.5, 0.6) is 0 Å². The SMILES string of the molecule is CN1CCN(c2ccccc2CNC(=O)[C@@H]2CC=CCC2)CC1. The van der Waals surface area contributed by atoms with E-state index < -0.39 is 0 Å². The number of allylic oxidation sites excluding steroid dienone is 2. The first-order chi connectivity index (χ1) is 11.2. The molecule has 1 saturated heterocycles. The lowest BCUT2D eigenvalue weighted by Crippen LogP contribution is -2.45. The monoisotopic (exact) mass is 313 g/mol. The molecule has 1 aliphatic carbocycles. The summed E-state index contributed by atoms with van der Waals surface area (Å²) in [5.74, 6) is 0.346. The molecule has 23 heavy (non-hydrogen) atoms. The van der Waals surface area contributed by atoms with Crippen LogP contribution < -0.4 is 10.2 Å². The van der Waals surface area contributed by atoms with Crippen LogP contribution in [0.15, 0.2) is 36.4 Å². The smallest absolute Gasteiger partial charge is 0.223 e. The summed E-state index contributed by atoms with van der Waals surface area (Å²) < 4.78 is 0. The minimum absolute atomic E-state index is 0.149. The average Bonchev–Trinajstić information content (AvgIpc) is 2.61. The topological polar surface area (TPSA) is 35.6 Å². The molecule has 1 amide bonds. The fourth-order valence-corrected chi connectivity index (χ4v) is 3.37. The maximum atomic E-state index is 12.3. The standard InChI is InChI=1S/C19H27N3O/c1-21-11-13-22(14-12-21)18-10-6-5-9-17(18)15-20-19(23)16-7-3-2-4-8-16/h2-3,5-6,9-10,16H,4,7-8,11-15H2,1H3,(H,20,23)/t16-/m1/s1. The van der Waals surface area contributed by atoms with Gasteiger partial charge in [0.15, 0.2) is 0 Å². The van der Waals surface area contributed by atoms with E-state index in [4.69, 9.17) is 0 Å². The number of para-hydroxylation sites is 1. The Balaban J connectivity index is 1.61. The third-order valence-electron chi connectivity index (χ3n) is 4.93. The van der Waals surface area contributed by atoms with E-state index in [0.29, 0.717) is 6.54 Å². The zero-order chi connectivity index (χ0) is 16.1. The molecule has 0 aromatic heterocycles. The third-order valence-corrected chi connectivity index (χ3v) is 4.93. The van der Waals surface area contributed by atoms with Crippen molar-refractivity contribution in [3.63, 3.8) is 0 Å². The molecular formula is C19H27N3O. The van der Waals surface area contributed by atoms with Crippen molar-refractivity contribution in [2.45, 2.75) is 25.8 Å². The molecule has 1 aromatic carbocycles. The molecule has 0 unspecified atom stereocenters. The molecule has 1 N–H and O–H groups in total. The Hall–Kier alpha value is -1.81. The molecule has 124 valence electrons. The van der Waals surface area contributed by atoms with E-state index in [9.17, 15) is 4.79 Å². The molecule has 2 aliphatic rings. The number of nitrogens with one attached hydrogen (secondary N) is 1. The van der Waals surface area contributed by atoms with E-state index in [2.05, 4.69) is 58.6 Å². The first-order valence-electron chi connectivity index (χ1n) is 8.68. The van der Waals surface area contributed by atoms with Crippen LogP contribution in [0.2, 0.25) is 0 Å². The number of hydrogen-bond donors (Lipinski definition) is 1. The third kappa shape index (κ3) is 4.14. The Morgan fingerprint density at radius 2 is 1.96 bits per heavy atom. The first kappa shape index (κ1) is 16.1. The van der Waals surface area contributed by atoms with Crippen molar-refractivity contribution < 1.29 is 4.79 Å². The van der Waals surface area contributed by atoms with Crippen LogP contribution in [0.1, 0.15) is 24.8 Å². The second-order valence-electron chi connectivity index (χ2n) is 6.62. The van der Waals surface area contributed by atoms with Gasteiger partial charge in [-0.05, 0) is 37.9 Å². The zero-order valence-corrected chi connectivity index (χ0v) is 14.0.